The van der Waals surface area contributed by atoms with Gasteiger partial charge in [0.1, 0.15) is 16.2 Å². The summed E-state index contributed by atoms with van der Waals surface area (Å²) >= 11 is 3.17. The summed E-state index contributed by atoms with van der Waals surface area (Å²) in [5.41, 5.74) is 0.672. The summed E-state index contributed by atoms with van der Waals surface area (Å²) in [6.45, 7) is 0. The second kappa shape index (κ2) is 5.59. The van der Waals surface area contributed by atoms with Crippen molar-refractivity contribution in [1.29, 1.82) is 5.26 Å². The first-order valence-electron chi connectivity index (χ1n) is 5.39. The number of nitrogens with zero attached hydrogens (tertiary/aromatic N) is 3. The van der Waals surface area contributed by atoms with E-state index >= 15 is 0 Å². The van der Waals surface area contributed by atoms with Gasteiger partial charge in [-0.2, -0.15) is 5.26 Å². The van der Waals surface area contributed by atoms with Gasteiger partial charge in [-0.25, -0.2) is 4.98 Å². The number of hydrogen-bond acceptors (Lipinski definition) is 4. The fraction of sp³-hybridized carbons (Fsp3) is 0.0769. The number of benzene rings is 1. The Bertz CT molecular complexity index is 653. The molecular weight excluding hydrogens is 310 g/mol. The monoisotopic (exact) mass is 317 g/mol. The molecule has 1 aromatic carbocycles. The Morgan fingerprint density at radius 3 is 2.53 bits per heavy atom. The minimum atomic E-state index is -0.765. The molecule has 5 nitrogen and oxygen atoms in total. The second-order valence-corrected chi connectivity index (χ2v) is 4.58. The summed E-state index contributed by atoms with van der Waals surface area (Å²) in [7, 11) is 0. The number of nitro groups is 1. The van der Waals surface area contributed by atoms with Gasteiger partial charge < -0.3 is 0 Å². The molecule has 0 radical (unpaired) electrons. The van der Waals surface area contributed by atoms with Gasteiger partial charge in [-0.05, 0) is 27.6 Å². The molecule has 0 N–H and O–H groups in total. The zero-order valence-electron chi connectivity index (χ0n) is 9.65. The maximum atomic E-state index is 11.0. The van der Waals surface area contributed by atoms with Crippen molar-refractivity contribution < 1.29 is 4.92 Å². The predicted molar refractivity (Wildman–Crippen MR) is 72.5 cm³/mol. The number of rotatable bonds is 3. The molecule has 94 valence electrons. The van der Waals surface area contributed by atoms with Crippen LogP contribution in [-0.4, -0.2) is 9.91 Å². The maximum absolute atomic E-state index is 11.0. The highest BCUT2D eigenvalue weighted by Gasteiger charge is 2.25. The standard InChI is InChI=1S/C13H8BrN3O2/c14-12-7-6-11(17(18)19)13(16-12)10(8-15)9-4-2-1-3-5-9/h1-7,10H. The third-order valence-electron chi connectivity index (χ3n) is 2.60. The number of hydrogen-bond donors (Lipinski definition) is 0. The van der Waals surface area contributed by atoms with E-state index in [4.69, 9.17) is 0 Å². The van der Waals surface area contributed by atoms with Crippen LogP contribution in [0.15, 0.2) is 47.1 Å². The third-order valence-corrected chi connectivity index (χ3v) is 3.04. The van der Waals surface area contributed by atoms with Crippen LogP contribution < -0.4 is 0 Å². The highest BCUT2D eigenvalue weighted by molar-refractivity contribution is 9.10. The lowest BCUT2D eigenvalue weighted by Crippen LogP contribution is -2.05. The molecule has 0 spiro atoms. The van der Waals surface area contributed by atoms with E-state index < -0.39 is 10.8 Å². The van der Waals surface area contributed by atoms with Gasteiger partial charge in [0, 0.05) is 6.07 Å². The molecule has 0 fully saturated rings. The van der Waals surface area contributed by atoms with Crippen LogP contribution >= 0.6 is 15.9 Å². The quantitative estimate of drug-likeness (QED) is 0.493. The molecule has 2 rings (SSSR count). The predicted octanol–water partition coefficient (Wildman–Crippen LogP) is 3.41. The van der Waals surface area contributed by atoms with Crippen LogP contribution in [0.4, 0.5) is 5.69 Å². The molecule has 0 saturated carbocycles. The molecule has 19 heavy (non-hydrogen) atoms. The zero-order valence-corrected chi connectivity index (χ0v) is 11.2. The minimum absolute atomic E-state index is 0.146. The lowest BCUT2D eigenvalue weighted by atomic mass is 9.96. The molecule has 1 aromatic heterocycles. The summed E-state index contributed by atoms with van der Waals surface area (Å²) in [6, 6.07) is 13.8. The Hall–Kier alpha value is -2.26. The Kier molecular flexibility index (Phi) is 3.88. The summed E-state index contributed by atoms with van der Waals surface area (Å²) in [4.78, 5) is 14.6. The van der Waals surface area contributed by atoms with Crippen molar-refractivity contribution in [3.8, 4) is 6.07 Å². The fourth-order valence-electron chi connectivity index (χ4n) is 1.75. The minimum Gasteiger partial charge on any atom is -0.258 e. The van der Waals surface area contributed by atoms with Gasteiger partial charge in [-0.3, -0.25) is 10.1 Å². The molecule has 0 aliphatic heterocycles. The van der Waals surface area contributed by atoms with E-state index in [-0.39, 0.29) is 11.4 Å². The molecule has 1 atom stereocenters. The van der Waals surface area contributed by atoms with E-state index in [1.165, 1.54) is 12.1 Å². The Morgan fingerprint density at radius 1 is 1.26 bits per heavy atom. The highest BCUT2D eigenvalue weighted by Crippen LogP contribution is 2.30. The van der Waals surface area contributed by atoms with Gasteiger partial charge in [0.15, 0.2) is 0 Å². The average molecular weight is 318 g/mol. The van der Waals surface area contributed by atoms with Crippen LogP contribution in [0.25, 0.3) is 0 Å². The van der Waals surface area contributed by atoms with E-state index in [1.54, 1.807) is 24.3 Å². The van der Waals surface area contributed by atoms with Gasteiger partial charge in [0.2, 0.25) is 0 Å². The topological polar surface area (TPSA) is 79.8 Å². The van der Waals surface area contributed by atoms with Crippen LogP contribution in [0.1, 0.15) is 17.2 Å². The van der Waals surface area contributed by atoms with E-state index in [2.05, 4.69) is 27.0 Å². The van der Waals surface area contributed by atoms with Crippen molar-refractivity contribution in [3.63, 3.8) is 0 Å². The number of nitriles is 1. The highest BCUT2D eigenvalue weighted by atomic mass is 79.9. The third kappa shape index (κ3) is 2.77. The van der Waals surface area contributed by atoms with E-state index in [0.29, 0.717) is 10.2 Å². The SMILES string of the molecule is N#CC(c1ccccc1)c1nc(Br)ccc1[N+](=O)[O-]. The smallest absolute Gasteiger partial charge is 0.258 e. The maximum Gasteiger partial charge on any atom is 0.292 e. The Labute approximate surface area is 117 Å². The first-order valence-corrected chi connectivity index (χ1v) is 6.18. The fourth-order valence-corrected chi connectivity index (χ4v) is 2.07. The summed E-state index contributed by atoms with van der Waals surface area (Å²) < 4.78 is 0.462. The van der Waals surface area contributed by atoms with Crippen LogP contribution in [0.2, 0.25) is 0 Å². The molecule has 1 unspecified atom stereocenters. The normalized spacial score (nSPS) is 11.6. The van der Waals surface area contributed by atoms with Gasteiger partial charge in [-0.15, -0.1) is 0 Å². The first-order chi connectivity index (χ1) is 9.13. The molecule has 0 saturated heterocycles. The number of halogens is 1. The number of aromatic nitrogens is 1. The van der Waals surface area contributed by atoms with Crippen LogP contribution in [0.5, 0.6) is 0 Å². The lowest BCUT2D eigenvalue weighted by molar-refractivity contribution is -0.386. The van der Waals surface area contributed by atoms with Crippen molar-refractivity contribution in [2.75, 3.05) is 0 Å². The van der Waals surface area contributed by atoms with Crippen LogP contribution in [0, 0.1) is 21.4 Å². The van der Waals surface area contributed by atoms with Gasteiger partial charge in [-0.1, -0.05) is 30.3 Å². The molecule has 0 amide bonds. The van der Waals surface area contributed by atoms with Crippen molar-refractivity contribution in [1.82, 2.24) is 4.98 Å². The van der Waals surface area contributed by atoms with Crippen molar-refractivity contribution in [2.24, 2.45) is 0 Å². The summed E-state index contributed by atoms with van der Waals surface area (Å²) in [5, 5.41) is 20.3. The summed E-state index contributed by atoms with van der Waals surface area (Å²) in [6.07, 6.45) is 0. The van der Waals surface area contributed by atoms with Crippen LogP contribution in [0.3, 0.4) is 0 Å². The molecular formula is C13H8BrN3O2. The molecule has 2 aromatic rings. The molecule has 0 bridgehead atoms. The van der Waals surface area contributed by atoms with E-state index in [9.17, 15) is 15.4 Å². The van der Waals surface area contributed by atoms with Crippen molar-refractivity contribution >= 4 is 21.6 Å². The number of pyridine rings is 1. The van der Waals surface area contributed by atoms with E-state index in [0.717, 1.165) is 0 Å². The van der Waals surface area contributed by atoms with Crippen molar-refractivity contribution in [3.05, 3.63) is 68.4 Å². The molecule has 1 heterocycles. The van der Waals surface area contributed by atoms with Gasteiger partial charge in [0.05, 0.1) is 11.0 Å². The van der Waals surface area contributed by atoms with Crippen LogP contribution in [-0.2, 0) is 0 Å². The Balaban J connectivity index is 2.59. The van der Waals surface area contributed by atoms with Crippen molar-refractivity contribution in [2.45, 2.75) is 5.92 Å². The average Bonchev–Trinajstić information content (AvgIpc) is 2.40. The lowest BCUT2D eigenvalue weighted by Gasteiger charge is -2.09. The molecule has 6 heteroatoms. The first kappa shape index (κ1) is 13.2. The van der Waals surface area contributed by atoms with E-state index in [1.807, 2.05) is 6.07 Å². The van der Waals surface area contributed by atoms with Gasteiger partial charge >= 0.3 is 0 Å². The zero-order chi connectivity index (χ0) is 13.8. The largest absolute Gasteiger partial charge is 0.292 e. The molecule has 0 aliphatic carbocycles. The second-order valence-electron chi connectivity index (χ2n) is 3.77. The Morgan fingerprint density at radius 2 is 1.95 bits per heavy atom. The summed E-state index contributed by atoms with van der Waals surface area (Å²) in [5.74, 6) is -0.765. The van der Waals surface area contributed by atoms with Gasteiger partial charge in [0.25, 0.3) is 5.69 Å². The molecule has 0 aliphatic rings.